The molecule has 8 heteroatoms. The summed E-state index contributed by atoms with van der Waals surface area (Å²) in [6.45, 7) is 0. The second-order valence-corrected chi connectivity index (χ2v) is 8.38. The molecule has 0 atom stereocenters. The van der Waals surface area contributed by atoms with Crippen molar-refractivity contribution in [3.8, 4) is 0 Å². The van der Waals surface area contributed by atoms with E-state index in [9.17, 15) is 18.3 Å². The Bertz CT molecular complexity index is 1050. The number of thioether (sulfide) groups is 1. The van der Waals surface area contributed by atoms with Crippen molar-refractivity contribution in [2.24, 2.45) is 5.14 Å². The normalized spacial score (nSPS) is 11.4. The molecule has 140 valence electrons. The first-order valence-electron chi connectivity index (χ1n) is 7.96. The maximum Gasteiger partial charge on any atom is 0.335 e. The average molecular weight is 403 g/mol. The highest BCUT2D eigenvalue weighted by molar-refractivity contribution is 7.98. The van der Waals surface area contributed by atoms with E-state index in [0.29, 0.717) is 28.4 Å². The van der Waals surface area contributed by atoms with Crippen molar-refractivity contribution in [1.82, 2.24) is 0 Å². The summed E-state index contributed by atoms with van der Waals surface area (Å²) in [7, 11) is -4.10. The van der Waals surface area contributed by atoms with Gasteiger partial charge in [-0.25, -0.2) is 18.4 Å². The topological polar surface area (TPSA) is 111 Å². The monoisotopic (exact) mass is 403 g/mol. The Morgan fingerprint density at radius 1 is 1.11 bits per heavy atom. The number of hydrogen-bond acceptors (Lipinski definition) is 5. The Morgan fingerprint density at radius 3 is 2.44 bits per heavy atom. The van der Waals surface area contributed by atoms with E-state index in [-0.39, 0.29) is 10.5 Å². The predicted octanol–water partition coefficient (Wildman–Crippen LogP) is 3.51. The molecule has 1 heterocycles. The molecule has 1 aromatic heterocycles. The number of primary sulfonamides is 1. The molecule has 0 amide bonds. The number of aromatic carboxylic acids is 1. The van der Waals surface area contributed by atoms with Gasteiger partial charge < -0.3 is 9.52 Å². The lowest BCUT2D eigenvalue weighted by molar-refractivity contribution is 0.0696. The van der Waals surface area contributed by atoms with Gasteiger partial charge >= 0.3 is 5.97 Å². The van der Waals surface area contributed by atoms with Crippen LogP contribution in [-0.4, -0.2) is 19.5 Å². The summed E-state index contributed by atoms with van der Waals surface area (Å²) >= 11 is 1.31. The zero-order valence-electron chi connectivity index (χ0n) is 14.2. The number of hydrogen-bond donors (Lipinski definition) is 2. The highest BCUT2D eigenvalue weighted by Crippen LogP contribution is 2.33. The van der Waals surface area contributed by atoms with Crippen molar-refractivity contribution in [2.45, 2.75) is 22.0 Å². The Kier molecular flexibility index (Phi) is 5.69. The van der Waals surface area contributed by atoms with Crippen molar-refractivity contribution < 1.29 is 22.7 Å². The molecule has 0 fully saturated rings. The molecule has 0 saturated heterocycles. The molecule has 0 aliphatic carbocycles. The molecule has 0 radical (unpaired) electrons. The number of carboxylic acid groups (broad SMARTS) is 1. The minimum absolute atomic E-state index is 0.127. The number of benzene rings is 2. The van der Waals surface area contributed by atoms with Crippen LogP contribution in [0.1, 0.15) is 27.2 Å². The molecule has 3 rings (SSSR count). The Labute approximate surface area is 161 Å². The number of rotatable bonds is 7. The molecule has 6 nitrogen and oxygen atoms in total. The number of furan rings is 1. The Morgan fingerprint density at radius 2 is 1.85 bits per heavy atom. The zero-order valence-corrected chi connectivity index (χ0v) is 15.8. The van der Waals surface area contributed by atoms with Gasteiger partial charge in [0.1, 0.15) is 5.76 Å². The van der Waals surface area contributed by atoms with Gasteiger partial charge in [-0.3, -0.25) is 0 Å². The van der Waals surface area contributed by atoms with Gasteiger partial charge in [-0.15, -0.1) is 11.8 Å². The van der Waals surface area contributed by atoms with E-state index in [1.807, 2.05) is 30.3 Å². The summed E-state index contributed by atoms with van der Waals surface area (Å²) in [5.74, 6) is -0.0865. The van der Waals surface area contributed by atoms with Gasteiger partial charge in [0.2, 0.25) is 10.0 Å². The maximum absolute atomic E-state index is 12.2. The molecule has 3 N–H and O–H groups in total. The van der Waals surface area contributed by atoms with Gasteiger partial charge in [0.25, 0.3) is 0 Å². The van der Waals surface area contributed by atoms with Gasteiger partial charge in [0, 0.05) is 4.90 Å². The van der Waals surface area contributed by atoms with Crippen LogP contribution in [0.25, 0.3) is 0 Å². The third-order valence-electron chi connectivity index (χ3n) is 3.90. The van der Waals surface area contributed by atoms with Crippen molar-refractivity contribution in [3.63, 3.8) is 0 Å². The molecular formula is C19H17NO5S2. The van der Waals surface area contributed by atoms with Crippen LogP contribution in [0.3, 0.4) is 0 Å². The lowest BCUT2D eigenvalue weighted by atomic mass is 10.0. The van der Waals surface area contributed by atoms with Gasteiger partial charge in [-0.05, 0) is 41.8 Å². The van der Waals surface area contributed by atoms with Crippen LogP contribution in [0.2, 0.25) is 0 Å². The molecule has 0 aliphatic heterocycles. The van der Waals surface area contributed by atoms with E-state index in [2.05, 4.69) is 0 Å². The molecular weight excluding hydrogens is 386 g/mol. The van der Waals surface area contributed by atoms with Crippen molar-refractivity contribution >= 4 is 27.8 Å². The number of carbonyl (C=O) groups is 1. The van der Waals surface area contributed by atoms with Crippen LogP contribution >= 0.6 is 11.8 Å². The standard InChI is InChI=1S/C19H17NO5S2/c20-27(23,24)18-11-14(19(21)22)10-17(26-12-15-7-4-8-25-15)16(18)9-13-5-2-1-3-6-13/h1-8,10-11H,9,12H2,(H,21,22)(H2,20,23,24). The predicted molar refractivity (Wildman–Crippen MR) is 102 cm³/mol. The van der Waals surface area contributed by atoms with Crippen molar-refractivity contribution in [3.05, 3.63) is 83.3 Å². The summed E-state index contributed by atoms with van der Waals surface area (Å²) in [6, 6.07) is 15.5. The van der Waals surface area contributed by atoms with E-state index in [4.69, 9.17) is 9.56 Å². The van der Waals surface area contributed by atoms with Crippen molar-refractivity contribution in [1.29, 1.82) is 0 Å². The number of sulfonamides is 1. The van der Waals surface area contributed by atoms with Gasteiger partial charge in [-0.2, -0.15) is 0 Å². The molecule has 27 heavy (non-hydrogen) atoms. The maximum atomic E-state index is 12.2. The van der Waals surface area contributed by atoms with E-state index in [1.165, 1.54) is 17.8 Å². The minimum atomic E-state index is -4.10. The van der Waals surface area contributed by atoms with Crippen LogP contribution in [0.4, 0.5) is 0 Å². The van der Waals surface area contributed by atoms with E-state index in [0.717, 1.165) is 11.6 Å². The van der Waals surface area contributed by atoms with Crippen LogP contribution in [-0.2, 0) is 22.2 Å². The van der Waals surface area contributed by atoms with E-state index in [1.54, 1.807) is 18.4 Å². The third kappa shape index (κ3) is 4.79. The average Bonchev–Trinajstić information content (AvgIpc) is 3.14. The fraction of sp³-hybridized carbons (Fsp3) is 0.105. The fourth-order valence-electron chi connectivity index (χ4n) is 2.64. The minimum Gasteiger partial charge on any atom is -0.478 e. The molecule has 3 aromatic rings. The summed E-state index contributed by atoms with van der Waals surface area (Å²) in [5.41, 5.74) is 1.24. The second-order valence-electron chi connectivity index (χ2n) is 5.83. The van der Waals surface area contributed by atoms with Crippen molar-refractivity contribution in [2.75, 3.05) is 0 Å². The highest BCUT2D eigenvalue weighted by atomic mass is 32.2. The molecule has 0 bridgehead atoms. The summed E-state index contributed by atoms with van der Waals surface area (Å²) in [6.07, 6.45) is 1.86. The second kappa shape index (κ2) is 7.99. The summed E-state index contributed by atoms with van der Waals surface area (Å²) < 4.78 is 29.6. The summed E-state index contributed by atoms with van der Waals surface area (Å²) in [4.78, 5) is 11.8. The number of carboxylic acids is 1. The van der Waals surface area contributed by atoms with Gasteiger partial charge in [0.15, 0.2) is 0 Å². The largest absolute Gasteiger partial charge is 0.478 e. The SMILES string of the molecule is NS(=O)(=O)c1cc(C(=O)O)cc(SCc2ccco2)c1Cc1ccccc1. The lowest BCUT2D eigenvalue weighted by Crippen LogP contribution is -2.17. The molecule has 0 saturated carbocycles. The highest BCUT2D eigenvalue weighted by Gasteiger charge is 2.22. The quantitative estimate of drug-likeness (QED) is 0.584. The molecule has 2 aromatic carbocycles. The summed E-state index contributed by atoms with van der Waals surface area (Å²) in [5, 5.41) is 14.8. The van der Waals surface area contributed by atoms with E-state index >= 15 is 0 Å². The molecule has 0 unspecified atom stereocenters. The van der Waals surface area contributed by atoms with Crippen LogP contribution in [0.5, 0.6) is 0 Å². The van der Waals surface area contributed by atoms with Gasteiger partial charge in [-0.1, -0.05) is 30.3 Å². The number of nitrogens with two attached hydrogens (primary N) is 1. The molecule has 0 aliphatic rings. The zero-order chi connectivity index (χ0) is 19.4. The first-order chi connectivity index (χ1) is 12.8. The first-order valence-corrected chi connectivity index (χ1v) is 10.5. The Balaban J connectivity index is 2.11. The molecule has 0 spiro atoms. The lowest BCUT2D eigenvalue weighted by Gasteiger charge is -2.15. The van der Waals surface area contributed by atoms with Crippen LogP contribution in [0.15, 0.2) is 75.1 Å². The smallest absolute Gasteiger partial charge is 0.335 e. The Hall–Kier alpha value is -2.55. The third-order valence-corrected chi connectivity index (χ3v) is 5.98. The first kappa shape index (κ1) is 19.2. The van der Waals surface area contributed by atoms with Crippen LogP contribution < -0.4 is 5.14 Å². The van der Waals surface area contributed by atoms with E-state index < -0.39 is 16.0 Å². The van der Waals surface area contributed by atoms with Crippen LogP contribution in [0, 0.1) is 0 Å². The van der Waals surface area contributed by atoms with Gasteiger partial charge in [0.05, 0.1) is 22.5 Å². The fourth-order valence-corrected chi connectivity index (χ4v) is 4.55.